The van der Waals surface area contributed by atoms with Crippen LogP contribution in [0.5, 0.6) is 0 Å². The van der Waals surface area contributed by atoms with E-state index in [1.165, 1.54) is 0 Å². The van der Waals surface area contributed by atoms with Gasteiger partial charge in [0.1, 0.15) is 0 Å². The maximum Gasteiger partial charge on any atom is 0.317 e. The highest BCUT2D eigenvalue weighted by Gasteiger charge is 2.28. The normalized spacial score (nSPS) is 21.7. The molecule has 0 radical (unpaired) electrons. The van der Waals surface area contributed by atoms with Crippen LogP contribution >= 0.6 is 0 Å². The van der Waals surface area contributed by atoms with Crippen LogP contribution in [0.3, 0.4) is 0 Å². The number of likely N-dealkylation sites (tertiary alicyclic amines) is 1. The van der Waals surface area contributed by atoms with Gasteiger partial charge in [-0.05, 0) is 26.2 Å². The lowest BCUT2D eigenvalue weighted by atomic mass is 9.99. The van der Waals surface area contributed by atoms with Crippen LogP contribution in [-0.2, 0) is 4.79 Å². The van der Waals surface area contributed by atoms with Crippen molar-refractivity contribution in [3.05, 3.63) is 12.7 Å². The van der Waals surface area contributed by atoms with Crippen molar-refractivity contribution in [3.63, 3.8) is 0 Å². The van der Waals surface area contributed by atoms with Gasteiger partial charge >= 0.3 is 12.0 Å². The Morgan fingerprint density at radius 2 is 2.35 bits per heavy atom. The summed E-state index contributed by atoms with van der Waals surface area (Å²) in [6.45, 7) is 6.46. The molecule has 1 rings (SSSR count). The first-order valence-corrected chi connectivity index (χ1v) is 5.93. The number of carboxylic acids is 1. The molecule has 2 amide bonds. The molecular formula is C12H20N2O3. The first-order chi connectivity index (χ1) is 8.04. The molecule has 96 valence electrons. The van der Waals surface area contributed by atoms with Crippen LogP contribution in [0.1, 0.15) is 26.2 Å². The van der Waals surface area contributed by atoms with Gasteiger partial charge in [-0.3, -0.25) is 4.79 Å². The van der Waals surface area contributed by atoms with Gasteiger partial charge in [-0.15, -0.1) is 6.58 Å². The van der Waals surface area contributed by atoms with Gasteiger partial charge in [-0.25, -0.2) is 4.79 Å². The molecule has 2 N–H and O–H groups in total. The summed E-state index contributed by atoms with van der Waals surface area (Å²) in [5.74, 6) is -1.24. The van der Waals surface area contributed by atoms with Crippen molar-refractivity contribution >= 4 is 12.0 Å². The van der Waals surface area contributed by atoms with E-state index in [0.29, 0.717) is 25.9 Å². The lowest BCUT2D eigenvalue weighted by Gasteiger charge is -2.31. The van der Waals surface area contributed by atoms with E-state index >= 15 is 0 Å². The zero-order valence-corrected chi connectivity index (χ0v) is 10.2. The summed E-state index contributed by atoms with van der Waals surface area (Å²) in [4.78, 5) is 24.3. The van der Waals surface area contributed by atoms with E-state index in [9.17, 15) is 9.59 Å². The van der Waals surface area contributed by atoms with E-state index in [1.807, 2.05) is 6.92 Å². The third-order valence-corrected chi connectivity index (χ3v) is 2.95. The monoisotopic (exact) mass is 240 g/mol. The minimum atomic E-state index is -0.818. The standard InChI is InChI=1S/C12H20N2O3/c1-3-5-9(2)13-12(17)14-7-4-6-10(8-14)11(15)16/h3,9-10H,1,4-8H2,2H3,(H,13,17)(H,15,16). The van der Waals surface area contributed by atoms with Gasteiger partial charge in [0.15, 0.2) is 0 Å². The van der Waals surface area contributed by atoms with Crippen molar-refractivity contribution in [2.24, 2.45) is 5.92 Å². The van der Waals surface area contributed by atoms with Gasteiger partial charge in [-0.2, -0.15) is 0 Å². The largest absolute Gasteiger partial charge is 0.481 e. The fourth-order valence-corrected chi connectivity index (χ4v) is 1.97. The molecule has 0 aromatic heterocycles. The zero-order valence-electron chi connectivity index (χ0n) is 10.2. The van der Waals surface area contributed by atoms with Gasteiger partial charge in [0.05, 0.1) is 5.92 Å². The van der Waals surface area contributed by atoms with Crippen LogP contribution in [0.4, 0.5) is 4.79 Å². The molecule has 2 atom stereocenters. The van der Waals surface area contributed by atoms with Gasteiger partial charge in [0.2, 0.25) is 0 Å². The van der Waals surface area contributed by atoms with Crippen LogP contribution in [0.25, 0.3) is 0 Å². The summed E-state index contributed by atoms with van der Waals surface area (Å²) in [7, 11) is 0. The van der Waals surface area contributed by atoms with E-state index in [4.69, 9.17) is 5.11 Å². The molecule has 2 unspecified atom stereocenters. The summed E-state index contributed by atoms with van der Waals surface area (Å²) in [5.41, 5.74) is 0. The minimum absolute atomic E-state index is 0.0326. The maximum absolute atomic E-state index is 11.8. The number of aliphatic carboxylic acids is 1. The highest BCUT2D eigenvalue weighted by atomic mass is 16.4. The number of nitrogens with zero attached hydrogens (tertiary/aromatic N) is 1. The number of rotatable bonds is 4. The average Bonchev–Trinajstić information content (AvgIpc) is 2.29. The third-order valence-electron chi connectivity index (χ3n) is 2.95. The predicted molar refractivity (Wildman–Crippen MR) is 64.7 cm³/mol. The van der Waals surface area contributed by atoms with Crippen LogP contribution in [0.15, 0.2) is 12.7 Å². The van der Waals surface area contributed by atoms with Gasteiger partial charge in [0.25, 0.3) is 0 Å². The number of carbonyl (C=O) groups excluding carboxylic acids is 1. The van der Waals surface area contributed by atoms with E-state index in [0.717, 1.165) is 6.42 Å². The number of carbonyl (C=O) groups is 2. The average molecular weight is 240 g/mol. The number of nitrogens with one attached hydrogen (secondary N) is 1. The molecule has 1 aliphatic rings. The van der Waals surface area contributed by atoms with Crippen LogP contribution in [0, 0.1) is 5.92 Å². The van der Waals surface area contributed by atoms with Crippen LogP contribution < -0.4 is 5.32 Å². The summed E-state index contributed by atoms with van der Waals surface area (Å²) in [5, 5.41) is 11.8. The molecule has 1 fully saturated rings. The second kappa shape index (κ2) is 6.27. The Balaban J connectivity index is 2.46. The topological polar surface area (TPSA) is 69.6 Å². The Morgan fingerprint density at radius 3 is 2.94 bits per heavy atom. The van der Waals surface area contributed by atoms with Crippen molar-refractivity contribution in [2.75, 3.05) is 13.1 Å². The lowest BCUT2D eigenvalue weighted by molar-refractivity contribution is -0.143. The molecule has 5 heteroatoms. The van der Waals surface area contributed by atoms with Crippen LogP contribution in [-0.4, -0.2) is 41.1 Å². The number of amides is 2. The number of urea groups is 1. The molecule has 1 saturated heterocycles. The smallest absolute Gasteiger partial charge is 0.317 e. The molecule has 17 heavy (non-hydrogen) atoms. The van der Waals surface area contributed by atoms with E-state index < -0.39 is 11.9 Å². The zero-order chi connectivity index (χ0) is 12.8. The van der Waals surface area contributed by atoms with Gasteiger partial charge < -0.3 is 15.3 Å². The van der Waals surface area contributed by atoms with Crippen molar-refractivity contribution in [2.45, 2.75) is 32.2 Å². The Hall–Kier alpha value is -1.52. The van der Waals surface area contributed by atoms with Crippen LogP contribution in [0.2, 0.25) is 0 Å². The lowest BCUT2D eigenvalue weighted by Crippen LogP contribution is -2.49. The molecule has 0 aromatic carbocycles. The second-order valence-electron chi connectivity index (χ2n) is 4.50. The van der Waals surface area contributed by atoms with Crippen molar-refractivity contribution < 1.29 is 14.7 Å². The molecule has 0 aromatic rings. The molecule has 5 nitrogen and oxygen atoms in total. The Morgan fingerprint density at radius 1 is 1.65 bits per heavy atom. The quantitative estimate of drug-likeness (QED) is 0.731. The van der Waals surface area contributed by atoms with Crippen molar-refractivity contribution in [1.29, 1.82) is 0 Å². The highest BCUT2D eigenvalue weighted by Crippen LogP contribution is 2.16. The fraction of sp³-hybridized carbons (Fsp3) is 0.667. The Kier molecular flexibility index (Phi) is 5.00. The first-order valence-electron chi connectivity index (χ1n) is 5.93. The van der Waals surface area contributed by atoms with E-state index in [2.05, 4.69) is 11.9 Å². The number of hydrogen-bond acceptors (Lipinski definition) is 2. The summed E-state index contributed by atoms with van der Waals surface area (Å²) < 4.78 is 0. The number of hydrogen-bond donors (Lipinski definition) is 2. The highest BCUT2D eigenvalue weighted by molar-refractivity contribution is 5.76. The Bertz CT molecular complexity index is 304. The van der Waals surface area contributed by atoms with Crippen molar-refractivity contribution in [1.82, 2.24) is 10.2 Å². The maximum atomic E-state index is 11.8. The van der Waals surface area contributed by atoms with E-state index in [1.54, 1.807) is 11.0 Å². The van der Waals surface area contributed by atoms with Gasteiger partial charge in [0, 0.05) is 19.1 Å². The molecule has 0 spiro atoms. The SMILES string of the molecule is C=CCC(C)NC(=O)N1CCCC(C(=O)O)C1. The molecular weight excluding hydrogens is 220 g/mol. The number of carboxylic acid groups (broad SMARTS) is 1. The number of piperidine rings is 1. The summed E-state index contributed by atoms with van der Waals surface area (Å²) in [6.07, 6.45) is 3.87. The third kappa shape index (κ3) is 4.09. The molecule has 0 aliphatic carbocycles. The summed E-state index contributed by atoms with van der Waals surface area (Å²) in [6, 6.07) is -0.143. The second-order valence-corrected chi connectivity index (χ2v) is 4.50. The molecule has 0 bridgehead atoms. The van der Waals surface area contributed by atoms with Crippen molar-refractivity contribution in [3.8, 4) is 0 Å². The molecule has 0 saturated carbocycles. The molecule has 1 aliphatic heterocycles. The summed E-state index contributed by atoms with van der Waals surface area (Å²) >= 11 is 0. The van der Waals surface area contributed by atoms with Gasteiger partial charge in [-0.1, -0.05) is 6.08 Å². The first kappa shape index (κ1) is 13.5. The minimum Gasteiger partial charge on any atom is -0.481 e. The van der Waals surface area contributed by atoms with E-state index in [-0.39, 0.29) is 12.1 Å². The fourth-order valence-electron chi connectivity index (χ4n) is 1.97. The Labute approximate surface area is 101 Å². The predicted octanol–water partition coefficient (Wildman–Crippen LogP) is 1.46. The molecule has 1 heterocycles.